The largest absolute Gasteiger partial charge is 0.492 e. The highest BCUT2D eigenvalue weighted by atomic mass is 16.5. The summed E-state index contributed by atoms with van der Waals surface area (Å²) >= 11 is 0. The first-order valence-corrected chi connectivity index (χ1v) is 15.1. The SMILES string of the molecule is CCCCCCOc1c(/C=C/c2ccccc2)ccc2c(OCCCCCC)c(/C=C/c3ccccc3)ccc12. The zero-order chi connectivity index (χ0) is 27.8. The summed E-state index contributed by atoms with van der Waals surface area (Å²) in [5.41, 5.74) is 4.53. The molecular weight excluding hydrogens is 488 g/mol. The van der Waals surface area contributed by atoms with Crippen molar-refractivity contribution < 1.29 is 9.47 Å². The van der Waals surface area contributed by atoms with Crippen LogP contribution < -0.4 is 9.47 Å². The maximum absolute atomic E-state index is 6.54. The van der Waals surface area contributed by atoms with Gasteiger partial charge in [-0.05, 0) is 36.1 Å². The summed E-state index contributed by atoms with van der Waals surface area (Å²) < 4.78 is 13.1. The lowest BCUT2D eigenvalue weighted by atomic mass is 9.99. The zero-order valence-electron chi connectivity index (χ0n) is 24.3. The van der Waals surface area contributed by atoms with Crippen molar-refractivity contribution in [3.8, 4) is 11.5 Å². The lowest BCUT2D eigenvalue weighted by molar-refractivity contribution is 0.305. The third-order valence-electron chi connectivity index (χ3n) is 7.16. The van der Waals surface area contributed by atoms with Gasteiger partial charge in [0.15, 0.2) is 0 Å². The first kappa shape index (κ1) is 29.2. The second kappa shape index (κ2) is 16.4. The molecule has 0 heterocycles. The molecule has 4 aromatic carbocycles. The van der Waals surface area contributed by atoms with Crippen LogP contribution in [0.15, 0.2) is 84.9 Å². The van der Waals surface area contributed by atoms with Gasteiger partial charge < -0.3 is 9.47 Å². The Balaban J connectivity index is 1.72. The second-order valence-electron chi connectivity index (χ2n) is 10.4. The molecule has 0 N–H and O–H groups in total. The molecule has 0 amide bonds. The Kier molecular flexibility index (Phi) is 11.9. The van der Waals surface area contributed by atoms with Crippen molar-refractivity contribution in [3.05, 3.63) is 107 Å². The summed E-state index contributed by atoms with van der Waals surface area (Å²) in [6.07, 6.45) is 18.1. The predicted molar refractivity (Wildman–Crippen MR) is 174 cm³/mol. The molecule has 0 atom stereocenters. The van der Waals surface area contributed by atoms with E-state index in [0.717, 1.165) is 46.2 Å². The molecule has 0 saturated heterocycles. The summed E-state index contributed by atoms with van der Waals surface area (Å²) in [6, 6.07) is 29.6. The van der Waals surface area contributed by atoms with Gasteiger partial charge in [-0.25, -0.2) is 0 Å². The van der Waals surface area contributed by atoms with E-state index < -0.39 is 0 Å². The van der Waals surface area contributed by atoms with Crippen LogP contribution in [0.3, 0.4) is 0 Å². The maximum atomic E-state index is 6.54. The summed E-state index contributed by atoms with van der Waals surface area (Å²) in [7, 11) is 0. The Morgan fingerprint density at radius 3 is 1.27 bits per heavy atom. The normalized spacial score (nSPS) is 11.6. The highest BCUT2D eigenvalue weighted by Crippen LogP contribution is 2.39. The van der Waals surface area contributed by atoms with Gasteiger partial charge in [0.05, 0.1) is 13.2 Å². The zero-order valence-corrected chi connectivity index (χ0v) is 24.3. The van der Waals surface area contributed by atoms with Crippen molar-refractivity contribution in [3.63, 3.8) is 0 Å². The standard InChI is InChI=1S/C38H44O2/c1-3-5-7-15-29-39-37-33(23-21-31-17-11-9-12-18-31)25-28-36-35(37)27-26-34(24-22-32-19-13-10-14-20-32)38(36)40-30-16-8-6-4-2/h9-14,17-28H,3-8,15-16,29-30H2,1-2H3/b23-21+,24-22+. The molecule has 2 nitrogen and oxygen atoms in total. The van der Waals surface area contributed by atoms with Gasteiger partial charge in [0, 0.05) is 21.9 Å². The molecule has 2 heteroatoms. The highest BCUT2D eigenvalue weighted by molar-refractivity contribution is 5.99. The van der Waals surface area contributed by atoms with E-state index in [2.05, 4.69) is 111 Å². The first-order chi connectivity index (χ1) is 19.8. The van der Waals surface area contributed by atoms with E-state index in [1.165, 1.54) is 49.7 Å². The Hall–Kier alpha value is -3.78. The van der Waals surface area contributed by atoms with Crippen LogP contribution in [0, 0.1) is 0 Å². The summed E-state index contributed by atoms with van der Waals surface area (Å²) in [6.45, 7) is 5.92. The van der Waals surface area contributed by atoms with Crippen LogP contribution in [0.4, 0.5) is 0 Å². The molecule has 0 spiro atoms. The van der Waals surface area contributed by atoms with Crippen molar-refractivity contribution in [2.75, 3.05) is 13.2 Å². The molecule has 0 unspecified atom stereocenters. The summed E-state index contributed by atoms with van der Waals surface area (Å²) in [5.74, 6) is 1.88. The van der Waals surface area contributed by atoms with Crippen LogP contribution >= 0.6 is 0 Å². The third-order valence-corrected chi connectivity index (χ3v) is 7.16. The maximum Gasteiger partial charge on any atom is 0.134 e. The number of ether oxygens (including phenoxy) is 2. The highest BCUT2D eigenvalue weighted by Gasteiger charge is 2.14. The van der Waals surface area contributed by atoms with Crippen molar-refractivity contribution >= 4 is 35.1 Å². The van der Waals surface area contributed by atoms with Crippen molar-refractivity contribution in [2.24, 2.45) is 0 Å². The number of hydrogen-bond donors (Lipinski definition) is 0. The number of hydrogen-bond acceptors (Lipinski definition) is 2. The van der Waals surface area contributed by atoms with Gasteiger partial charge in [-0.15, -0.1) is 0 Å². The van der Waals surface area contributed by atoms with Gasteiger partial charge in [0.2, 0.25) is 0 Å². The molecular formula is C38H44O2. The minimum absolute atomic E-state index is 0.716. The van der Waals surface area contributed by atoms with E-state index in [4.69, 9.17) is 9.47 Å². The van der Waals surface area contributed by atoms with Gasteiger partial charge in [0.25, 0.3) is 0 Å². The molecule has 0 aliphatic carbocycles. The van der Waals surface area contributed by atoms with Crippen LogP contribution in [0.1, 0.15) is 87.5 Å². The number of unbranched alkanes of at least 4 members (excludes halogenated alkanes) is 6. The van der Waals surface area contributed by atoms with E-state index in [0.29, 0.717) is 13.2 Å². The fourth-order valence-corrected chi connectivity index (χ4v) is 4.88. The number of benzene rings is 4. The van der Waals surface area contributed by atoms with Crippen LogP contribution in [0.5, 0.6) is 11.5 Å². The average molecular weight is 533 g/mol. The van der Waals surface area contributed by atoms with Crippen molar-refractivity contribution in [1.82, 2.24) is 0 Å². The topological polar surface area (TPSA) is 18.5 Å². The smallest absolute Gasteiger partial charge is 0.134 e. The molecule has 0 saturated carbocycles. The summed E-state index contributed by atoms with van der Waals surface area (Å²) in [5, 5.41) is 2.21. The van der Waals surface area contributed by atoms with E-state index in [9.17, 15) is 0 Å². The molecule has 0 bridgehead atoms. The number of fused-ring (bicyclic) bond motifs is 1. The lowest BCUT2D eigenvalue weighted by Gasteiger charge is -2.17. The minimum Gasteiger partial charge on any atom is -0.492 e. The van der Waals surface area contributed by atoms with Crippen LogP contribution in [0.2, 0.25) is 0 Å². The molecule has 0 fully saturated rings. The lowest BCUT2D eigenvalue weighted by Crippen LogP contribution is -2.02. The van der Waals surface area contributed by atoms with E-state index >= 15 is 0 Å². The van der Waals surface area contributed by atoms with Crippen molar-refractivity contribution in [2.45, 2.75) is 65.2 Å². The third kappa shape index (κ3) is 8.61. The Labute approximate surface area is 241 Å². The molecule has 4 aromatic rings. The van der Waals surface area contributed by atoms with Gasteiger partial charge in [-0.1, -0.05) is 149 Å². The van der Waals surface area contributed by atoms with Crippen LogP contribution in [-0.2, 0) is 0 Å². The second-order valence-corrected chi connectivity index (χ2v) is 10.4. The van der Waals surface area contributed by atoms with Gasteiger partial charge in [-0.3, -0.25) is 0 Å². The van der Waals surface area contributed by atoms with E-state index in [1.807, 2.05) is 12.1 Å². The first-order valence-electron chi connectivity index (χ1n) is 15.1. The van der Waals surface area contributed by atoms with Crippen LogP contribution in [0.25, 0.3) is 35.1 Å². The predicted octanol–water partition coefficient (Wildman–Crippen LogP) is 11.1. The molecule has 0 aromatic heterocycles. The monoisotopic (exact) mass is 532 g/mol. The molecule has 0 radical (unpaired) electrons. The van der Waals surface area contributed by atoms with E-state index in [1.54, 1.807) is 0 Å². The quantitative estimate of drug-likeness (QED) is 0.105. The Morgan fingerprint density at radius 2 is 0.875 bits per heavy atom. The molecule has 4 rings (SSSR count). The molecule has 0 aliphatic heterocycles. The average Bonchev–Trinajstić information content (AvgIpc) is 3.00. The summed E-state index contributed by atoms with van der Waals surface area (Å²) in [4.78, 5) is 0. The van der Waals surface area contributed by atoms with Gasteiger partial charge in [0.1, 0.15) is 11.5 Å². The van der Waals surface area contributed by atoms with Crippen molar-refractivity contribution in [1.29, 1.82) is 0 Å². The minimum atomic E-state index is 0.716. The molecule has 208 valence electrons. The number of rotatable bonds is 16. The Morgan fingerprint density at radius 1 is 0.450 bits per heavy atom. The van der Waals surface area contributed by atoms with Crippen LogP contribution in [-0.4, -0.2) is 13.2 Å². The van der Waals surface area contributed by atoms with E-state index in [-0.39, 0.29) is 0 Å². The van der Waals surface area contributed by atoms with Gasteiger partial charge in [-0.2, -0.15) is 0 Å². The molecule has 0 aliphatic rings. The van der Waals surface area contributed by atoms with Gasteiger partial charge >= 0.3 is 0 Å². The fraction of sp³-hybridized carbons (Fsp3) is 0.316. The molecule has 40 heavy (non-hydrogen) atoms. The fourth-order valence-electron chi connectivity index (χ4n) is 4.88. The Bertz CT molecular complexity index is 1250.